The summed E-state index contributed by atoms with van der Waals surface area (Å²) in [6.07, 6.45) is 0. The molecule has 2 aromatic carbocycles. The molecule has 0 saturated heterocycles. The number of thiophene rings is 1. The van der Waals surface area contributed by atoms with Crippen molar-refractivity contribution in [2.24, 2.45) is 0 Å². The third-order valence-electron chi connectivity index (χ3n) is 5.03. The lowest BCUT2D eigenvalue weighted by Gasteiger charge is -2.09. The third-order valence-corrected chi connectivity index (χ3v) is 6.85. The Kier molecular flexibility index (Phi) is 5.50. The van der Waals surface area contributed by atoms with E-state index in [2.05, 4.69) is 15.5 Å². The molecule has 1 N–H and O–H groups in total. The van der Waals surface area contributed by atoms with E-state index in [1.165, 1.54) is 23.1 Å². The number of aryl methyl sites for hydroxylation is 1. The molecule has 0 unspecified atom stereocenters. The molecule has 3 heterocycles. The second-order valence-electron chi connectivity index (χ2n) is 7.33. The highest BCUT2D eigenvalue weighted by molar-refractivity contribution is 7.99. The molecule has 32 heavy (non-hydrogen) atoms. The Balaban J connectivity index is 1.46. The fourth-order valence-corrected chi connectivity index (χ4v) is 5.03. The molecule has 0 spiro atoms. The standard InChI is InChI=1S/C23H19N5O2S2/c1-15-7-9-17(10-8-15)24-19(29)14-32-23-26-25-22-27(13-16-5-3-2-4-6-16)21(30)20-18(28(22)23)11-12-31-20/h2-12H,13-14H2,1H3,(H,24,29). The lowest BCUT2D eigenvalue weighted by Crippen LogP contribution is -2.23. The van der Waals surface area contributed by atoms with Crippen molar-refractivity contribution in [2.75, 3.05) is 11.1 Å². The first-order valence-electron chi connectivity index (χ1n) is 9.98. The quantitative estimate of drug-likeness (QED) is 0.384. The minimum Gasteiger partial charge on any atom is -0.325 e. The van der Waals surface area contributed by atoms with Gasteiger partial charge in [-0.25, -0.2) is 0 Å². The first-order chi connectivity index (χ1) is 15.6. The SMILES string of the molecule is Cc1ccc(NC(=O)CSc2nnc3n(Cc4ccccc4)c(=O)c4sccc4n23)cc1. The van der Waals surface area contributed by atoms with Crippen LogP contribution in [0.5, 0.6) is 0 Å². The summed E-state index contributed by atoms with van der Waals surface area (Å²) in [4.78, 5) is 25.6. The summed E-state index contributed by atoms with van der Waals surface area (Å²) >= 11 is 2.69. The van der Waals surface area contributed by atoms with Crippen LogP contribution in [0.4, 0.5) is 5.69 Å². The van der Waals surface area contributed by atoms with E-state index in [1.807, 2.05) is 77.4 Å². The third kappa shape index (κ3) is 3.92. The first kappa shape index (κ1) is 20.5. The second kappa shape index (κ2) is 8.60. The molecule has 3 aromatic heterocycles. The molecule has 0 aliphatic rings. The van der Waals surface area contributed by atoms with Gasteiger partial charge >= 0.3 is 0 Å². The molecule has 0 aliphatic heterocycles. The van der Waals surface area contributed by atoms with E-state index in [-0.39, 0.29) is 17.2 Å². The van der Waals surface area contributed by atoms with Gasteiger partial charge in [0.1, 0.15) is 4.70 Å². The van der Waals surface area contributed by atoms with Crippen molar-refractivity contribution in [2.45, 2.75) is 18.6 Å². The number of aromatic nitrogens is 4. The fourth-order valence-electron chi connectivity index (χ4n) is 3.47. The molecule has 7 nitrogen and oxygen atoms in total. The molecule has 5 rings (SSSR count). The molecule has 0 atom stereocenters. The van der Waals surface area contributed by atoms with Crippen LogP contribution in [0.1, 0.15) is 11.1 Å². The van der Waals surface area contributed by atoms with E-state index in [4.69, 9.17) is 0 Å². The van der Waals surface area contributed by atoms with Crippen LogP contribution in [0.2, 0.25) is 0 Å². The number of amides is 1. The summed E-state index contributed by atoms with van der Waals surface area (Å²) < 4.78 is 4.14. The zero-order chi connectivity index (χ0) is 22.1. The van der Waals surface area contributed by atoms with Crippen LogP contribution in [0.15, 0.2) is 76.0 Å². The number of fused-ring (bicyclic) bond motifs is 3. The molecule has 0 saturated carbocycles. The van der Waals surface area contributed by atoms with Gasteiger partial charge in [0.25, 0.3) is 5.56 Å². The maximum Gasteiger partial charge on any atom is 0.273 e. The molecular formula is C23H19N5O2S2. The number of hydrogen-bond acceptors (Lipinski definition) is 6. The largest absolute Gasteiger partial charge is 0.325 e. The normalized spacial score (nSPS) is 11.3. The maximum absolute atomic E-state index is 13.1. The molecule has 9 heteroatoms. The van der Waals surface area contributed by atoms with Crippen LogP contribution in [0.25, 0.3) is 16.0 Å². The Morgan fingerprint density at radius 2 is 1.84 bits per heavy atom. The van der Waals surface area contributed by atoms with Gasteiger partial charge in [0.05, 0.1) is 17.8 Å². The zero-order valence-corrected chi connectivity index (χ0v) is 18.8. The van der Waals surface area contributed by atoms with Crippen LogP contribution in [-0.4, -0.2) is 30.8 Å². The first-order valence-corrected chi connectivity index (χ1v) is 11.8. The maximum atomic E-state index is 13.1. The molecular weight excluding hydrogens is 442 g/mol. The van der Waals surface area contributed by atoms with Crippen LogP contribution < -0.4 is 10.9 Å². The lowest BCUT2D eigenvalue weighted by molar-refractivity contribution is -0.113. The number of nitrogens with zero attached hydrogens (tertiary/aromatic N) is 4. The predicted molar refractivity (Wildman–Crippen MR) is 129 cm³/mol. The smallest absolute Gasteiger partial charge is 0.273 e. The van der Waals surface area contributed by atoms with Crippen molar-refractivity contribution in [1.82, 2.24) is 19.2 Å². The average molecular weight is 462 g/mol. The van der Waals surface area contributed by atoms with Crippen LogP contribution in [-0.2, 0) is 11.3 Å². The van der Waals surface area contributed by atoms with Crippen molar-refractivity contribution >= 4 is 50.7 Å². The van der Waals surface area contributed by atoms with Gasteiger partial charge in [-0.15, -0.1) is 21.5 Å². The van der Waals surface area contributed by atoms with Crippen molar-refractivity contribution in [3.8, 4) is 0 Å². The summed E-state index contributed by atoms with van der Waals surface area (Å²) in [5.74, 6) is 0.513. The number of nitrogens with one attached hydrogen (secondary N) is 1. The number of thioether (sulfide) groups is 1. The zero-order valence-electron chi connectivity index (χ0n) is 17.2. The summed E-state index contributed by atoms with van der Waals surface area (Å²) in [5, 5.41) is 14.0. The van der Waals surface area contributed by atoms with Crippen molar-refractivity contribution in [1.29, 1.82) is 0 Å². The molecule has 0 fully saturated rings. The number of carbonyl (C=O) groups excluding carboxylic acids is 1. The van der Waals surface area contributed by atoms with E-state index in [1.54, 1.807) is 4.57 Å². The summed E-state index contributed by atoms with van der Waals surface area (Å²) in [6, 6.07) is 19.3. The van der Waals surface area contributed by atoms with Gasteiger partial charge in [0, 0.05) is 5.69 Å². The lowest BCUT2D eigenvalue weighted by atomic mass is 10.2. The van der Waals surface area contributed by atoms with E-state index in [0.717, 1.165) is 22.3 Å². The van der Waals surface area contributed by atoms with E-state index in [0.29, 0.717) is 22.2 Å². The van der Waals surface area contributed by atoms with Gasteiger partial charge in [-0.2, -0.15) is 0 Å². The number of anilines is 1. The van der Waals surface area contributed by atoms with Crippen LogP contribution in [0, 0.1) is 6.92 Å². The minimum atomic E-state index is -0.130. The summed E-state index contributed by atoms with van der Waals surface area (Å²) in [6.45, 7) is 2.40. The molecule has 0 radical (unpaired) electrons. The van der Waals surface area contributed by atoms with Gasteiger partial charge in [-0.05, 0) is 36.1 Å². The fraction of sp³-hybridized carbons (Fsp3) is 0.130. The number of rotatable bonds is 6. The van der Waals surface area contributed by atoms with E-state index in [9.17, 15) is 9.59 Å². The molecule has 0 aliphatic carbocycles. The van der Waals surface area contributed by atoms with Crippen LogP contribution in [0.3, 0.4) is 0 Å². The van der Waals surface area contributed by atoms with E-state index < -0.39 is 0 Å². The monoisotopic (exact) mass is 461 g/mol. The van der Waals surface area contributed by atoms with Gasteiger partial charge in [0.15, 0.2) is 5.16 Å². The minimum absolute atomic E-state index is 0.0904. The van der Waals surface area contributed by atoms with Crippen molar-refractivity contribution in [3.05, 3.63) is 87.5 Å². The number of benzene rings is 2. The van der Waals surface area contributed by atoms with Crippen molar-refractivity contribution < 1.29 is 4.79 Å². The van der Waals surface area contributed by atoms with Crippen LogP contribution >= 0.6 is 23.1 Å². The van der Waals surface area contributed by atoms with Gasteiger partial charge in [-0.1, -0.05) is 59.8 Å². The Labute approximate surface area is 191 Å². The number of carbonyl (C=O) groups is 1. The Hall–Kier alpha value is -3.43. The Bertz CT molecular complexity index is 1470. The van der Waals surface area contributed by atoms with E-state index >= 15 is 0 Å². The topological polar surface area (TPSA) is 81.3 Å². The average Bonchev–Trinajstić information content (AvgIpc) is 3.45. The van der Waals surface area contributed by atoms with Gasteiger partial charge in [-0.3, -0.25) is 18.6 Å². The highest BCUT2D eigenvalue weighted by Gasteiger charge is 2.18. The molecule has 160 valence electrons. The molecule has 5 aromatic rings. The predicted octanol–water partition coefficient (Wildman–Crippen LogP) is 4.19. The number of hydrogen-bond donors (Lipinski definition) is 1. The summed E-state index contributed by atoms with van der Waals surface area (Å²) in [7, 11) is 0. The Morgan fingerprint density at radius 1 is 1.06 bits per heavy atom. The highest BCUT2D eigenvalue weighted by Crippen LogP contribution is 2.25. The second-order valence-corrected chi connectivity index (χ2v) is 9.19. The highest BCUT2D eigenvalue weighted by atomic mass is 32.2. The molecule has 1 amide bonds. The van der Waals surface area contributed by atoms with Gasteiger partial charge in [0.2, 0.25) is 11.7 Å². The van der Waals surface area contributed by atoms with Gasteiger partial charge < -0.3 is 5.32 Å². The molecule has 0 bridgehead atoms. The summed E-state index contributed by atoms with van der Waals surface area (Å²) in [5.41, 5.74) is 3.55. The van der Waals surface area contributed by atoms with Crippen molar-refractivity contribution in [3.63, 3.8) is 0 Å². The Morgan fingerprint density at radius 3 is 2.62 bits per heavy atom.